The molecule has 0 radical (unpaired) electrons. The molecule has 0 heteroatoms. The van der Waals surface area contributed by atoms with Gasteiger partial charge in [0.25, 0.3) is 0 Å². The van der Waals surface area contributed by atoms with E-state index in [-0.39, 0.29) is 16.2 Å². The van der Waals surface area contributed by atoms with Gasteiger partial charge in [0.2, 0.25) is 0 Å². The zero-order valence-corrected chi connectivity index (χ0v) is 73.9. The molecule has 0 saturated heterocycles. The average molecular weight is 1660 g/mol. The first-order chi connectivity index (χ1) is 64.4. The van der Waals surface area contributed by atoms with Gasteiger partial charge in [-0.25, -0.2) is 0 Å². The van der Waals surface area contributed by atoms with Crippen LogP contribution < -0.4 is 0 Å². The topological polar surface area (TPSA) is 0 Å². The van der Waals surface area contributed by atoms with Crippen LogP contribution in [0.15, 0.2) is 425 Å². The van der Waals surface area contributed by atoms with Crippen LogP contribution in [0.1, 0.15) is 74.9 Å². The fraction of sp³-hybridized carbons (Fsp3) is 0.0687. The zero-order chi connectivity index (χ0) is 87.0. The van der Waals surface area contributed by atoms with Crippen molar-refractivity contribution in [1.82, 2.24) is 0 Å². The van der Waals surface area contributed by atoms with Crippen LogP contribution in [0.2, 0.25) is 0 Å². The second kappa shape index (κ2) is 28.1. The Morgan fingerprint density at radius 2 is 0.374 bits per heavy atom. The van der Waals surface area contributed by atoms with E-state index >= 15 is 0 Å². The molecule has 0 spiro atoms. The van der Waals surface area contributed by atoms with E-state index in [1.165, 1.54) is 286 Å². The number of hydrogen-bond donors (Lipinski definition) is 0. The van der Waals surface area contributed by atoms with Gasteiger partial charge in [0.15, 0.2) is 0 Å². The molecule has 0 fully saturated rings. The van der Waals surface area contributed by atoms with E-state index < -0.39 is 0 Å². The van der Waals surface area contributed by atoms with Crippen molar-refractivity contribution in [1.29, 1.82) is 0 Å². The summed E-state index contributed by atoms with van der Waals surface area (Å²) >= 11 is 0. The Labute approximate surface area is 763 Å². The third-order valence-electron chi connectivity index (χ3n) is 30.7. The first kappa shape index (κ1) is 75.3. The first-order valence-corrected chi connectivity index (χ1v) is 46.5. The molecule has 0 N–H and O–H groups in total. The lowest BCUT2D eigenvalue weighted by atomic mass is 9.66. The fourth-order valence-electron chi connectivity index (χ4n) is 25.2. The number of benzene rings is 23. The molecule has 0 unspecified atom stereocenters. The van der Waals surface area contributed by atoms with Crippen molar-refractivity contribution in [3.63, 3.8) is 0 Å². The largest absolute Gasteiger partial charge is 0.0622 e. The molecule has 612 valence electrons. The standard InChI is InChI=1S/2C45H30.C41H28/c1-45(2)37-26-25-36-40-35(24-23-33(41(37)40)34-22-21-27-13-9-10-18-30(27)44(34)45)42-38(28-14-5-3-6-15-28)31-19-11-12-20-32(31)39(43(36)42)29-16-7-4-8-17-29;1-45(2)37-24-23-35-41-34(22-21-33(42(37)41)36-25-29-17-9-10-18-30(29)26-38(36)45)43-39(27-13-5-3-6-14-27)31-19-11-12-20-32(31)40(44(35)43)28-15-7-4-8-16-28;1-41(2)33-20-12-11-17-27(33)30-21-22-31-37-32(23-24-34(41)38(30)37)40-36(26-15-7-4-8-16-26)29-19-10-9-18-28(29)35(39(31)40)25-13-5-3-6-14-25/h2*3-26H,1-2H3;3-24H,1-2H3. The smallest absolute Gasteiger partial charge is 0.0165 e. The molecule has 29 rings (SSSR count). The predicted molar refractivity (Wildman–Crippen MR) is 558 cm³/mol. The van der Waals surface area contributed by atoms with E-state index in [0.717, 1.165) is 0 Å². The Balaban J connectivity index is 0.000000101. The van der Waals surface area contributed by atoms with Crippen LogP contribution in [0.5, 0.6) is 0 Å². The van der Waals surface area contributed by atoms with Crippen molar-refractivity contribution < 1.29 is 0 Å². The molecule has 0 bridgehead atoms. The van der Waals surface area contributed by atoms with Gasteiger partial charge in [0.1, 0.15) is 0 Å². The lowest BCUT2D eigenvalue weighted by molar-refractivity contribution is 0.645. The Bertz CT molecular complexity index is 8400. The molecule has 0 aromatic heterocycles. The van der Waals surface area contributed by atoms with Gasteiger partial charge in [-0.2, -0.15) is 0 Å². The number of fused-ring (bicyclic) bond motifs is 21. The summed E-state index contributed by atoms with van der Waals surface area (Å²) in [7, 11) is 0. The van der Waals surface area contributed by atoms with Gasteiger partial charge >= 0.3 is 0 Å². The average Bonchev–Trinajstić information content (AvgIpc) is 1.54. The second-order valence-corrected chi connectivity index (χ2v) is 38.4. The highest BCUT2D eigenvalue weighted by Gasteiger charge is 2.44. The molecular weight excluding hydrogens is 1570 g/mol. The van der Waals surface area contributed by atoms with E-state index in [9.17, 15) is 0 Å². The highest BCUT2D eigenvalue weighted by Crippen LogP contribution is 2.67. The molecule has 0 atom stereocenters. The minimum Gasteiger partial charge on any atom is -0.0622 e. The quantitative estimate of drug-likeness (QED) is 0.156. The van der Waals surface area contributed by atoms with Gasteiger partial charge in [-0.05, 0) is 299 Å². The molecule has 23 aromatic rings. The summed E-state index contributed by atoms with van der Waals surface area (Å²) in [6.45, 7) is 14.4. The maximum absolute atomic E-state index is 2.44. The fourth-order valence-corrected chi connectivity index (χ4v) is 25.2. The van der Waals surface area contributed by atoms with Crippen molar-refractivity contribution in [2.45, 2.75) is 57.8 Å². The Kier molecular flexibility index (Phi) is 16.1. The molecule has 131 heavy (non-hydrogen) atoms. The summed E-state index contributed by atoms with van der Waals surface area (Å²) < 4.78 is 0. The van der Waals surface area contributed by atoms with Gasteiger partial charge in [0, 0.05) is 16.2 Å². The minimum absolute atomic E-state index is 0.0786. The van der Waals surface area contributed by atoms with Crippen molar-refractivity contribution in [2.24, 2.45) is 0 Å². The number of rotatable bonds is 6. The Morgan fingerprint density at radius 1 is 0.130 bits per heavy atom. The van der Waals surface area contributed by atoms with Crippen LogP contribution in [0.25, 0.3) is 253 Å². The summed E-state index contributed by atoms with van der Waals surface area (Å²) in [5.41, 5.74) is 48.2. The first-order valence-electron chi connectivity index (χ1n) is 46.5. The SMILES string of the molecule is CC1(C)c2c(ccc3ccccc23)-c2ccc3c4c(ccc1c24)-c1c-3c(-c2ccccc2)c2ccccc2c1-c1ccccc1.CC1(C)c2cc3ccccc3cc2-c2ccc3c4c(ccc1c24)-c1c-3c(-c2ccccc2)c2ccccc2c1-c1ccccc1.CC1(C)c2ccccc2-c2ccc3c4c(ccc1c24)-c1c-3c(-c2ccccc2)c2ccccc2c1-c1ccccc1. The lowest BCUT2D eigenvalue weighted by Gasteiger charge is -2.36. The molecule has 23 aromatic carbocycles. The summed E-state index contributed by atoms with van der Waals surface area (Å²) in [5, 5.41) is 21.5. The predicted octanol–water partition coefficient (Wildman–Crippen LogP) is 36.1. The van der Waals surface area contributed by atoms with E-state index in [1.807, 2.05) is 0 Å². The molecule has 0 aliphatic heterocycles. The normalized spacial score (nSPS) is 13.8. The molecule has 0 saturated carbocycles. The second-order valence-electron chi connectivity index (χ2n) is 38.4. The van der Waals surface area contributed by atoms with E-state index in [0.29, 0.717) is 0 Å². The number of hydrogen-bond acceptors (Lipinski definition) is 0. The molecule has 0 amide bonds. The maximum Gasteiger partial charge on any atom is 0.0165 e. The van der Waals surface area contributed by atoms with Gasteiger partial charge < -0.3 is 0 Å². The third-order valence-corrected chi connectivity index (χ3v) is 30.7. The molecule has 6 aliphatic rings. The Hall–Kier alpha value is -15.9. The Morgan fingerprint density at radius 3 is 0.725 bits per heavy atom. The van der Waals surface area contributed by atoms with Crippen LogP contribution >= 0.6 is 0 Å². The lowest BCUT2D eigenvalue weighted by Crippen LogP contribution is -2.24. The van der Waals surface area contributed by atoms with Gasteiger partial charge in [0.05, 0.1) is 0 Å². The van der Waals surface area contributed by atoms with E-state index in [4.69, 9.17) is 0 Å². The monoisotopic (exact) mass is 1660 g/mol. The zero-order valence-electron chi connectivity index (χ0n) is 73.9. The summed E-state index contributed by atoms with van der Waals surface area (Å²) in [5.74, 6) is 0. The molecular formula is C131H88. The van der Waals surface area contributed by atoms with Gasteiger partial charge in [-0.15, -0.1) is 0 Å². The molecule has 6 aliphatic carbocycles. The van der Waals surface area contributed by atoms with Crippen molar-refractivity contribution in [2.75, 3.05) is 0 Å². The summed E-state index contributed by atoms with van der Waals surface area (Å²) in [6, 6.07) is 158. The van der Waals surface area contributed by atoms with Crippen LogP contribution in [-0.4, -0.2) is 0 Å². The summed E-state index contributed by atoms with van der Waals surface area (Å²) in [6.07, 6.45) is 0. The summed E-state index contributed by atoms with van der Waals surface area (Å²) in [4.78, 5) is 0. The van der Waals surface area contributed by atoms with Crippen LogP contribution in [0, 0.1) is 0 Å². The van der Waals surface area contributed by atoms with Crippen molar-refractivity contribution in [3.8, 4) is 167 Å². The van der Waals surface area contributed by atoms with Crippen LogP contribution in [0.4, 0.5) is 0 Å². The highest BCUT2D eigenvalue weighted by molar-refractivity contribution is 6.34. The molecule has 0 nitrogen and oxygen atoms in total. The van der Waals surface area contributed by atoms with Crippen molar-refractivity contribution >= 4 is 86.2 Å². The highest BCUT2D eigenvalue weighted by atomic mass is 14.5. The van der Waals surface area contributed by atoms with Crippen molar-refractivity contribution in [3.05, 3.63) is 458 Å². The maximum atomic E-state index is 2.44. The minimum atomic E-state index is -0.148. The molecule has 0 heterocycles. The third kappa shape index (κ3) is 10.5. The van der Waals surface area contributed by atoms with E-state index in [2.05, 4.69) is 466 Å². The van der Waals surface area contributed by atoms with Crippen LogP contribution in [0.3, 0.4) is 0 Å². The van der Waals surface area contributed by atoms with Gasteiger partial charge in [-0.3, -0.25) is 0 Å². The van der Waals surface area contributed by atoms with E-state index in [1.54, 1.807) is 0 Å². The van der Waals surface area contributed by atoms with Crippen LogP contribution in [-0.2, 0) is 16.2 Å². The van der Waals surface area contributed by atoms with Gasteiger partial charge in [-0.1, -0.05) is 454 Å².